The van der Waals surface area contributed by atoms with Crippen molar-refractivity contribution in [2.75, 3.05) is 49.5 Å². The van der Waals surface area contributed by atoms with E-state index in [0.717, 1.165) is 25.6 Å². The summed E-state index contributed by atoms with van der Waals surface area (Å²) in [5, 5.41) is 3.64. The van der Waals surface area contributed by atoms with Gasteiger partial charge in [-0.1, -0.05) is 26.2 Å². The van der Waals surface area contributed by atoms with Crippen LogP contribution in [0.4, 0.5) is 11.4 Å². The van der Waals surface area contributed by atoms with Gasteiger partial charge in [-0.3, -0.25) is 4.90 Å². The first-order valence-corrected chi connectivity index (χ1v) is 9.66. The molecule has 128 valence electrons. The van der Waals surface area contributed by atoms with Crippen LogP contribution in [0.3, 0.4) is 0 Å². The Bertz CT molecular complexity index is 442. The minimum Gasteiger partial charge on any atom is -0.385 e. The van der Waals surface area contributed by atoms with Gasteiger partial charge in [0.2, 0.25) is 0 Å². The Morgan fingerprint density at radius 2 is 1.65 bits per heavy atom. The average molecular weight is 316 g/mol. The van der Waals surface area contributed by atoms with Crippen LogP contribution in [0.2, 0.25) is 0 Å². The summed E-state index contributed by atoms with van der Waals surface area (Å²) in [6.45, 7) is 9.40. The predicted molar refractivity (Wildman–Crippen MR) is 100 cm³/mol. The van der Waals surface area contributed by atoms with Crippen LogP contribution < -0.4 is 10.2 Å². The molecule has 1 saturated carbocycles. The molecular formula is C20H33N3. The van der Waals surface area contributed by atoms with Gasteiger partial charge in [-0.25, -0.2) is 0 Å². The lowest BCUT2D eigenvalue weighted by Gasteiger charge is -2.36. The SMILES string of the molecule is CCCN1CCN(c2ccc(NCC3CCCCC3)cc2)CC1. The molecule has 23 heavy (non-hydrogen) atoms. The van der Waals surface area contributed by atoms with Crippen LogP contribution in [0.5, 0.6) is 0 Å². The third-order valence-electron chi connectivity index (χ3n) is 5.46. The molecule has 0 unspecified atom stereocenters. The number of hydrogen-bond acceptors (Lipinski definition) is 3. The molecule has 0 spiro atoms. The number of nitrogens with one attached hydrogen (secondary N) is 1. The van der Waals surface area contributed by atoms with E-state index in [1.165, 1.54) is 69.5 Å². The van der Waals surface area contributed by atoms with Gasteiger partial charge in [0.15, 0.2) is 0 Å². The van der Waals surface area contributed by atoms with E-state index < -0.39 is 0 Å². The van der Waals surface area contributed by atoms with Crippen molar-refractivity contribution in [2.45, 2.75) is 45.4 Å². The highest BCUT2D eigenvalue weighted by atomic mass is 15.3. The maximum Gasteiger partial charge on any atom is 0.0368 e. The molecule has 0 bridgehead atoms. The molecule has 1 aromatic carbocycles. The molecule has 1 saturated heterocycles. The van der Waals surface area contributed by atoms with E-state index in [1.54, 1.807) is 0 Å². The topological polar surface area (TPSA) is 18.5 Å². The van der Waals surface area contributed by atoms with E-state index in [0.29, 0.717) is 0 Å². The summed E-state index contributed by atoms with van der Waals surface area (Å²) in [7, 11) is 0. The highest BCUT2D eigenvalue weighted by Crippen LogP contribution is 2.25. The zero-order valence-electron chi connectivity index (χ0n) is 14.8. The fourth-order valence-electron chi connectivity index (χ4n) is 3.99. The van der Waals surface area contributed by atoms with Crippen LogP contribution in [-0.2, 0) is 0 Å². The normalized spacial score (nSPS) is 20.7. The number of hydrogen-bond donors (Lipinski definition) is 1. The zero-order chi connectivity index (χ0) is 15.9. The predicted octanol–water partition coefficient (Wildman–Crippen LogP) is 4.21. The van der Waals surface area contributed by atoms with E-state index in [2.05, 4.69) is 46.3 Å². The largest absolute Gasteiger partial charge is 0.385 e. The van der Waals surface area contributed by atoms with E-state index in [4.69, 9.17) is 0 Å². The number of benzene rings is 1. The molecule has 1 aliphatic heterocycles. The summed E-state index contributed by atoms with van der Waals surface area (Å²) in [6, 6.07) is 9.10. The fraction of sp³-hybridized carbons (Fsp3) is 0.700. The molecule has 0 aromatic heterocycles. The average Bonchev–Trinajstić information content (AvgIpc) is 2.62. The highest BCUT2D eigenvalue weighted by molar-refractivity contribution is 5.55. The summed E-state index contributed by atoms with van der Waals surface area (Å²) < 4.78 is 0. The van der Waals surface area contributed by atoms with E-state index in [1.807, 2.05) is 0 Å². The Morgan fingerprint density at radius 1 is 0.957 bits per heavy atom. The second-order valence-electron chi connectivity index (χ2n) is 7.26. The quantitative estimate of drug-likeness (QED) is 0.848. The van der Waals surface area contributed by atoms with Crippen molar-refractivity contribution < 1.29 is 0 Å². The van der Waals surface area contributed by atoms with E-state index in [-0.39, 0.29) is 0 Å². The van der Waals surface area contributed by atoms with Crippen molar-refractivity contribution in [2.24, 2.45) is 5.92 Å². The lowest BCUT2D eigenvalue weighted by atomic mass is 9.89. The van der Waals surface area contributed by atoms with Crippen molar-refractivity contribution in [3.05, 3.63) is 24.3 Å². The second kappa shape index (κ2) is 8.58. The van der Waals surface area contributed by atoms with Crippen molar-refractivity contribution in [1.82, 2.24) is 4.90 Å². The minimum absolute atomic E-state index is 0.884. The molecule has 0 amide bonds. The Morgan fingerprint density at radius 3 is 2.30 bits per heavy atom. The Kier molecular flexibility index (Phi) is 6.21. The molecule has 1 heterocycles. The summed E-state index contributed by atoms with van der Waals surface area (Å²) in [4.78, 5) is 5.10. The van der Waals surface area contributed by atoms with Crippen LogP contribution in [0.25, 0.3) is 0 Å². The summed E-state index contributed by atoms with van der Waals surface area (Å²) in [5.41, 5.74) is 2.66. The van der Waals surface area contributed by atoms with Gasteiger partial charge in [0, 0.05) is 44.1 Å². The minimum atomic E-state index is 0.884. The summed E-state index contributed by atoms with van der Waals surface area (Å²) >= 11 is 0. The maximum atomic E-state index is 3.64. The molecular weight excluding hydrogens is 282 g/mol. The van der Waals surface area contributed by atoms with E-state index in [9.17, 15) is 0 Å². The van der Waals surface area contributed by atoms with Crippen LogP contribution in [0.15, 0.2) is 24.3 Å². The van der Waals surface area contributed by atoms with Gasteiger partial charge in [0.25, 0.3) is 0 Å². The van der Waals surface area contributed by atoms with Crippen molar-refractivity contribution in [3.8, 4) is 0 Å². The third-order valence-corrected chi connectivity index (χ3v) is 5.46. The van der Waals surface area contributed by atoms with Crippen molar-refractivity contribution in [3.63, 3.8) is 0 Å². The van der Waals surface area contributed by atoms with Crippen LogP contribution >= 0.6 is 0 Å². The highest BCUT2D eigenvalue weighted by Gasteiger charge is 2.16. The standard InChI is InChI=1S/C20H33N3/c1-2-12-22-13-15-23(16-14-22)20-10-8-19(9-11-20)21-17-18-6-4-3-5-7-18/h8-11,18,21H,2-7,12-17H2,1H3. The van der Waals surface area contributed by atoms with Crippen molar-refractivity contribution in [1.29, 1.82) is 0 Å². The monoisotopic (exact) mass is 315 g/mol. The smallest absolute Gasteiger partial charge is 0.0368 e. The molecule has 3 heteroatoms. The first-order valence-electron chi connectivity index (χ1n) is 9.66. The van der Waals surface area contributed by atoms with Crippen LogP contribution in [-0.4, -0.2) is 44.2 Å². The van der Waals surface area contributed by atoms with Crippen molar-refractivity contribution >= 4 is 11.4 Å². The fourth-order valence-corrected chi connectivity index (χ4v) is 3.99. The van der Waals surface area contributed by atoms with Crippen LogP contribution in [0.1, 0.15) is 45.4 Å². The molecule has 2 aliphatic rings. The van der Waals surface area contributed by atoms with Gasteiger partial charge in [-0.05, 0) is 56.0 Å². The summed E-state index contributed by atoms with van der Waals surface area (Å²) in [6.07, 6.45) is 8.38. The Hall–Kier alpha value is -1.22. The molecule has 1 aliphatic carbocycles. The second-order valence-corrected chi connectivity index (χ2v) is 7.26. The Balaban J connectivity index is 1.45. The van der Waals surface area contributed by atoms with E-state index >= 15 is 0 Å². The maximum absolute atomic E-state index is 3.64. The third kappa shape index (κ3) is 4.87. The molecule has 0 atom stereocenters. The molecule has 3 nitrogen and oxygen atoms in total. The molecule has 1 aromatic rings. The zero-order valence-corrected chi connectivity index (χ0v) is 14.8. The first-order chi connectivity index (χ1) is 11.3. The lowest BCUT2D eigenvalue weighted by Crippen LogP contribution is -2.46. The number of nitrogens with zero attached hydrogens (tertiary/aromatic N) is 2. The lowest BCUT2D eigenvalue weighted by molar-refractivity contribution is 0.258. The molecule has 1 N–H and O–H groups in total. The number of piperazine rings is 1. The summed E-state index contributed by atoms with van der Waals surface area (Å²) in [5.74, 6) is 0.884. The van der Waals surface area contributed by atoms with Gasteiger partial charge in [-0.2, -0.15) is 0 Å². The first kappa shape index (κ1) is 16.6. The number of rotatable bonds is 6. The number of anilines is 2. The van der Waals surface area contributed by atoms with Crippen LogP contribution in [0, 0.1) is 5.92 Å². The van der Waals surface area contributed by atoms with Gasteiger partial charge < -0.3 is 10.2 Å². The van der Waals surface area contributed by atoms with Gasteiger partial charge in [0.05, 0.1) is 0 Å². The molecule has 0 radical (unpaired) electrons. The Labute approximate surface area is 142 Å². The van der Waals surface area contributed by atoms with Gasteiger partial charge in [-0.15, -0.1) is 0 Å². The van der Waals surface area contributed by atoms with Gasteiger partial charge in [0.1, 0.15) is 0 Å². The molecule has 3 rings (SSSR count). The van der Waals surface area contributed by atoms with Gasteiger partial charge >= 0.3 is 0 Å². The molecule has 2 fully saturated rings.